The van der Waals surface area contributed by atoms with Gasteiger partial charge in [0, 0.05) is 0 Å². The summed E-state index contributed by atoms with van der Waals surface area (Å²) in [4.78, 5) is 16.2. The number of allylic oxidation sites excluding steroid dienone is 2. The second-order valence-electron chi connectivity index (χ2n) is 5.59. The van der Waals surface area contributed by atoms with Gasteiger partial charge in [0.2, 0.25) is 0 Å². The van der Waals surface area contributed by atoms with Crippen LogP contribution in [0.1, 0.15) is 40.2 Å². The molecule has 0 bridgehead atoms. The van der Waals surface area contributed by atoms with Gasteiger partial charge in [0.25, 0.3) is 0 Å². The maximum Gasteiger partial charge on any atom is 0.328 e. The Balaban J connectivity index is 2.91. The molecule has 0 spiro atoms. The number of nitrogens with zero attached hydrogens (tertiary/aromatic N) is 1. The smallest absolute Gasteiger partial charge is 0.328 e. The minimum absolute atomic E-state index is 0.0344. The maximum atomic E-state index is 11.8. The molecule has 3 nitrogen and oxygen atoms in total. The first kappa shape index (κ1) is 16.2. The molecule has 1 rings (SSSR count). The van der Waals surface area contributed by atoms with Gasteiger partial charge < -0.3 is 4.74 Å². The van der Waals surface area contributed by atoms with Gasteiger partial charge in [0.05, 0.1) is 5.71 Å². The van der Waals surface area contributed by atoms with Crippen LogP contribution in [-0.2, 0) is 9.53 Å². The molecule has 0 aliphatic carbocycles. The van der Waals surface area contributed by atoms with E-state index in [0.29, 0.717) is 0 Å². The van der Waals surface area contributed by atoms with Crippen LogP contribution in [0.4, 0.5) is 0 Å². The third-order valence-corrected chi connectivity index (χ3v) is 2.64. The Morgan fingerprint density at radius 2 is 1.85 bits per heavy atom. The lowest BCUT2D eigenvalue weighted by Gasteiger charge is -2.19. The first-order valence-electron chi connectivity index (χ1n) is 6.78. The third kappa shape index (κ3) is 5.39. The van der Waals surface area contributed by atoms with Crippen molar-refractivity contribution in [1.82, 2.24) is 0 Å². The predicted octanol–water partition coefficient (Wildman–Crippen LogP) is 3.78. The fraction of sp³-hybridized carbons (Fsp3) is 0.412. The molecule has 3 heteroatoms. The number of aliphatic imine (C=N–C) groups is 1. The van der Waals surface area contributed by atoms with Gasteiger partial charge in [0.15, 0.2) is 0 Å². The summed E-state index contributed by atoms with van der Waals surface area (Å²) in [5, 5.41) is 0. The van der Waals surface area contributed by atoms with Crippen molar-refractivity contribution in [3.8, 4) is 0 Å². The van der Waals surface area contributed by atoms with Gasteiger partial charge in [-0.05, 0) is 45.8 Å². The van der Waals surface area contributed by atoms with Crippen LogP contribution in [-0.4, -0.2) is 23.8 Å². The highest BCUT2D eigenvalue weighted by Gasteiger charge is 2.16. The topological polar surface area (TPSA) is 38.7 Å². The summed E-state index contributed by atoms with van der Waals surface area (Å²) in [5.74, 6) is -0.310. The first-order chi connectivity index (χ1) is 9.33. The molecule has 0 aliphatic rings. The number of rotatable bonds is 4. The molecule has 0 aliphatic heterocycles. The molecule has 0 saturated carbocycles. The fourth-order valence-corrected chi connectivity index (χ4v) is 1.69. The Labute approximate surface area is 121 Å². The Bertz CT molecular complexity index is 508. The average Bonchev–Trinajstić information content (AvgIpc) is 2.37. The average molecular weight is 273 g/mol. The Kier molecular flexibility index (Phi) is 5.68. The van der Waals surface area contributed by atoms with E-state index in [-0.39, 0.29) is 12.5 Å². The minimum Gasteiger partial charge on any atom is -0.459 e. The summed E-state index contributed by atoms with van der Waals surface area (Å²) < 4.78 is 5.27. The summed E-state index contributed by atoms with van der Waals surface area (Å²) in [6.45, 7) is 9.53. The van der Waals surface area contributed by atoms with E-state index >= 15 is 0 Å². The molecule has 0 amide bonds. The number of carbonyl (C=O) groups excluding carboxylic acids is 1. The van der Waals surface area contributed by atoms with Crippen LogP contribution in [0, 0.1) is 0 Å². The van der Waals surface area contributed by atoms with Crippen molar-refractivity contribution in [3.05, 3.63) is 47.5 Å². The Morgan fingerprint density at radius 1 is 1.25 bits per heavy atom. The summed E-state index contributed by atoms with van der Waals surface area (Å²) >= 11 is 0. The number of esters is 1. The van der Waals surface area contributed by atoms with Gasteiger partial charge in [-0.25, -0.2) is 0 Å². The van der Waals surface area contributed by atoms with E-state index in [9.17, 15) is 4.79 Å². The van der Waals surface area contributed by atoms with E-state index in [2.05, 4.69) is 4.99 Å². The van der Waals surface area contributed by atoms with Crippen molar-refractivity contribution in [2.45, 2.75) is 40.2 Å². The van der Waals surface area contributed by atoms with Crippen LogP contribution in [0.2, 0.25) is 0 Å². The third-order valence-electron chi connectivity index (χ3n) is 2.64. The molecule has 0 saturated heterocycles. The standard InChI is InChI=1S/C17H23NO2/c1-6-13(2)16(14-10-8-7-9-11-14)18-12-15(19)20-17(3,4)5/h6-11H,12H2,1-5H3/b13-6+,18-16?. The van der Waals surface area contributed by atoms with Crippen LogP contribution >= 0.6 is 0 Å². The van der Waals surface area contributed by atoms with Crippen LogP contribution < -0.4 is 0 Å². The highest BCUT2D eigenvalue weighted by Crippen LogP contribution is 2.11. The molecule has 1 aromatic rings. The van der Waals surface area contributed by atoms with E-state index < -0.39 is 5.60 Å². The molecule has 0 N–H and O–H groups in total. The van der Waals surface area contributed by atoms with Gasteiger partial charge in [-0.2, -0.15) is 0 Å². The van der Waals surface area contributed by atoms with E-state index in [0.717, 1.165) is 16.8 Å². The lowest BCUT2D eigenvalue weighted by Crippen LogP contribution is -2.25. The summed E-state index contributed by atoms with van der Waals surface area (Å²) in [7, 11) is 0. The van der Waals surface area contributed by atoms with Crippen molar-refractivity contribution in [2.75, 3.05) is 6.54 Å². The van der Waals surface area contributed by atoms with E-state index in [1.54, 1.807) is 0 Å². The summed E-state index contributed by atoms with van der Waals surface area (Å²) in [5.41, 5.74) is 2.40. The molecule has 1 aromatic carbocycles. The lowest BCUT2D eigenvalue weighted by molar-refractivity contribution is -0.152. The fourth-order valence-electron chi connectivity index (χ4n) is 1.69. The van der Waals surface area contributed by atoms with Crippen LogP contribution in [0.25, 0.3) is 0 Å². The molecule has 20 heavy (non-hydrogen) atoms. The quantitative estimate of drug-likeness (QED) is 0.618. The van der Waals surface area contributed by atoms with E-state index in [4.69, 9.17) is 4.74 Å². The Hall–Kier alpha value is -1.90. The number of hydrogen-bond donors (Lipinski definition) is 0. The van der Waals surface area contributed by atoms with Crippen molar-refractivity contribution >= 4 is 11.7 Å². The zero-order chi connectivity index (χ0) is 15.2. The van der Waals surface area contributed by atoms with Crippen molar-refractivity contribution in [3.63, 3.8) is 0 Å². The second kappa shape index (κ2) is 7.04. The highest BCUT2D eigenvalue weighted by atomic mass is 16.6. The van der Waals surface area contributed by atoms with Crippen molar-refractivity contribution in [2.24, 2.45) is 4.99 Å². The van der Waals surface area contributed by atoms with Gasteiger partial charge in [-0.3, -0.25) is 9.79 Å². The molecular weight excluding hydrogens is 250 g/mol. The molecular formula is C17H23NO2. The summed E-state index contributed by atoms with van der Waals surface area (Å²) in [6, 6.07) is 9.85. The minimum atomic E-state index is -0.477. The molecule has 0 radical (unpaired) electrons. The van der Waals surface area contributed by atoms with Gasteiger partial charge >= 0.3 is 5.97 Å². The number of carbonyl (C=O) groups is 1. The molecule has 108 valence electrons. The molecule has 0 fully saturated rings. The second-order valence-corrected chi connectivity index (χ2v) is 5.59. The molecule has 0 heterocycles. The van der Waals surface area contributed by atoms with Crippen LogP contribution in [0.3, 0.4) is 0 Å². The van der Waals surface area contributed by atoms with E-state index in [1.807, 2.05) is 71.0 Å². The van der Waals surface area contributed by atoms with Crippen LogP contribution in [0.15, 0.2) is 47.0 Å². The zero-order valence-electron chi connectivity index (χ0n) is 12.9. The van der Waals surface area contributed by atoms with Crippen molar-refractivity contribution in [1.29, 1.82) is 0 Å². The zero-order valence-corrected chi connectivity index (χ0v) is 12.9. The lowest BCUT2D eigenvalue weighted by atomic mass is 10.0. The van der Waals surface area contributed by atoms with Crippen LogP contribution in [0.5, 0.6) is 0 Å². The Morgan fingerprint density at radius 3 is 2.35 bits per heavy atom. The first-order valence-corrected chi connectivity index (χ1v) is 6.78. The van der Waals surface area contributed by atoms with Gasteiger partial charge in [-0.1, -0.05) is 36.4 Å². The predicted molar refractivity (Wildman–Crippen MR) is 83.1 cm³/mol. The SMILES string of the molecule is C/C=C(\C)C(=NCC(=O)OC(C)(C)C)c1ccccc1. The number of hydrogen-bond acceptors (Lipinski definition) is 3. The monoisotopic (exact) mass is 273 g/mol. The molecule has 0 aromatic heterocycles. The highest BCUT2D eigenvalue weighted by molar-refractivity contribution is 6.12. The largest absolute Gasteiger partial charge is 0.459 e. The molecule has 0 atom stereocenters. The summed E-state index contributed by atoms with van der Waals surface area (Å²) in [6.07, 6.45) is 1.99. The van der Waals surface area contributed by atoms with E-state index in [1.165, 1.54) is 0 Å². The maximum absolute atomic E-state index is 11.8. The number of benzene rings is 1. The van der Waals surface area contributed by atoms with Crippen molar-refractivity contribution < 1.29 is 9.53 Å². The molecule has 0 unspecified atom stereocenters. The number of ether oxygens (including phenoxy) is 1. The van der Waals surface area contributed by atoms with Gasteiger partial charge in [-0.15, -0.1) is 0 Å². The normalized spacial score (nSPS) is 13.2. The van der Waals surface area contributed by atoms with Gasteiger partial charge in [0.1, 0.15) is 12.1 Å².